The van der Waals surface area contributed by atoms with Crippen molar-refractivity contribution in [3.8, 4) is 0 Å². The maximum Gasteiger partial charge on any atom is 0.305 e. The van der Waals surface area contributed by atoms with Crippen LogP contribution in [0, 0.1) is 17.8 Å². The van der Waals surface area contributed by atoms with Crippen LogP contribution in [0.2, 0.25) is 0 Å². The fourth-order valence-corrected chi connectivity index (χ4v) is 4.52. The Bertz CT molecular complexity index is 625. The second kappa shape index (κ2) is 14.3. The van der Waals surface area contributed by atoms with E-state index in [0.29, 0.717) is 32.5 Å². The summed E-state index contributed by atoms with van der Waals surface area (Å²) in [5, 5.41) is 0. The molecule has 2 unspecified atom stereocenters. The highest BCUT2D eigenvalue weighted by Gasteiger charge is 2.45. The Morgan fingerprint density at radius 1 is 1.03 bits per heavy atom. The predicted octanol–water partition coefficient (Wildman–Crippen LogP) is 3.57. The lowest BCUT2D eigenvalue weighted by Gasteiger charge is -2.29. The van der Waals surface area contributed by atoms with Crippen molar-refractivity contribution in [2.24, 2.45) is 17.8 Å². The Hall–Kier alpha value is -1.93. The topological polar surface area (TPSA) is 97.4 Å². The Balaban J connectivity index is 2.01. The van der Waals surface area contributed by atoms with Gasteiger partial charge in [-0.3, -0.25) is 14.4 Å². The van der Waals surface area contributed by atoms with Gasteiger partial charge in [0.15, 0.2) is 6.29 Å². The number of esters is 3. The molecule has 5 atom stereocenters. The molecule has 32 heavy (non-hydrogen) atoms. The zero-order chi connectivity index (χ0) is 23.3. The van der Waals surface area contributed by atoms with Gasteiger partial charge in [-0.25, -0.2) is 0 Å². The van der Waals surface area contributed by atoms with E-state index in [1.54, 1.807) is 0 Å². The predicted molar refractivity (Wildman–Crippen MR) is 116 cm³/mol. The minimum Gasteiger partial charge on any atom is -0.469 e. The zero-order valence-electron chi connectivity index (χ0n) is 19.6. The molecule has 1 aliphatic carbocycles. The SMILES string of the molecule is COC(=O)CCC/C=C\C[C@@H]1C(OC(C)=O)C[C@H](COC(C)=O)[C@H]1COC1CCCCO1. The summed E-state index contributed by atoms with van der Waals surface area (Å²) in [5.74, 6) is -0.670. The molecule has 1 aliphatic heterocycles. The van der Waals surface area contributed by atoms with E-state index in [-0.39, 0.29) is 54.7 Å². The summed E-state index contributed by atoms with van der Waals surface area (Å²) >= 11 is 0. The molecule has 0 aromatic carbocycles. The Morgan fingerprint density at radius 2 is 1.84 bits per heavy atom. The Labute approximate surface area is 190 Å². The molecular weight excluding hydrogens is 416 g/mol. The van der Waals surface area contributed by atoms with Crippen molar-refractivity contribution in [3.05, 3.63) is 12.2 Å². The summed E-state index contributed by atoms with van der Waals surface area (Å²) < 4.78 is 27.4. The average molecular weight is 455 g/mol. The van der Waals surface area contributed by atoms with Gasteiger partial charge in [0.1, 0.15) is 6.10 Å². The number of hydrogen-bond donors (Lipinski definition) is 0. The molecule has 0 N–H and O–H groups in total. The van der Waals surface area contributed by atoms with Crippen molar-refractivity contribution in [2.45, 2.75) is 77.6 Å². The van der Waals surface area contributed by atoms with Crippen molar-refractivity contribution in [1.82, 2.24) is 0 Å². The van der Waals surface area contributed by atoms with Gasteiger partial charge in [-0.2, -0.15) is 0 Å². The van der Waals surface area contributed by atoms with Crippen molar-refractivity contribution in [2.75, 3.05) is 26.9 Å². The highest BCUT2D eigenvalue weighted by Crippen LogP contribution is 2.42. The normalized spacial score (nSPS) is 27.9. The molecule has 0 aromatic rings. The number of methoxy groups -OCH3 is 1. The minimum atomic E-state index is -0.321. The molecular formula is C24H38O8. The summed E-state index contributed by atoms with van der Waals surface area (Å²) in [4.78, 5) is 34.3. The zero-order valence-corrected chi connectivity index (χ0v) is 19.6. The van der Waals surface area contributed by atoms with Crippen molar-refractivity contribution < 1.29 is 38.1 Å². The largest absolute Gasteiger partial charge is 0.469 e. The number of carbonyl (C=O) groups excluding carboxylic acids is 3. The molecule has 0 bridgehead atoms. The second-order valence-corrected chi connectivity index (χ2v) is 8.58. The van der Waals surface area contributed by atoms with Crippen LogP contribution < -0.4 is 0 Å². The van der Waals surface area contributed by atoms with Crippen LogP contribution in [0.15, 0.2) is 12.2 Å². The molecule has 182 valence electrons. The van der Waals surface area contributed by atoms with Gasteiger partial charge in [0, 0.05) is 38.7 Å². The van der Waals surface area contributed by atoms with Crippen LogP contribution in [-0.4, -0.2) is 57.2 Å². The van der Waals surface area contributed by atoms with Gasteiger partial charge < -0.3 is 23.7 Å². The highest BCUT2D eigenvalue weighted by atomic mass is 16.7. The van der Waals surface area contributed by atoms with Crippen LogP contribution in [0.3, 0.4) is 0 Å². The number of rotatable bonds is 12. The number of allylic oxidation sites excluding steroid dienone is 2. The third kappa shape index (κ3) is 9.28. The highest BCUT2D eigenvalue weighted by molar-refractivity contribution is 5.69. The summed E-state index contributed by atoms with van der Waals surface area (Å²) in [7, 11) is 1.39. The van der Waals surface area contributed by atoms with Gasteiger partial charge in [0.25, 0.3) is 0 Å². The van der Waals surface area contributed by atoms with Crippen LogP contribution in [0.4, 0.5) is 0 Å². The Kier molecular flexibility index (Phi) is 11.7. The van der Waals surface area contributed by atoms with E-state index in [9.17, 15) is 14.4 Å². The fourth-order valence-electron chi connectivity index (χ4n) is 4.52. The van der Waals surface area contributed by atoms with Gasteiger partial charge in [-0.15, -0.1) is 0 Å². The van der Waals surface area contributed by atoms with Crippen LogP contribution in [-0.2, 0) is 38.1 Å². The van der Waals surface area contributed by atoms with Crippen molar-refractivity contribution in [3.63, 3.8) is 0 Å². The lowest BCUT2D eigenvalue weighted by Crippen LogP contribution is -2.31. The lowest BCUT2D eigenvalue weighted by atomic mass is 9.87. The first-order valence-electron chi connectivity index (χ1n) is 11.7. The lowest BCUT2D eigenvalue weighted by molar-refractivity contribution is -0.175. The maximum absolute atomic E-state index is 11.7. The minimum absolute atomic E-state index is 0.0459. The summed E-state index contributed by atoms with van der Waals surface area (Å²) in [6.07, 6.45) is 9.91. The summed E-state index contributed by atoms with van der Waals surface area (Å²) in [6.45, 7) is 4.27. The number of carbonyl (C=O) groups is 3. The van der Waals surface area contributed by atoms with Crippen molar-refractivity contribution >= 4 is 17.9 Å². The quantitative estimate of drug-likeness (QED) is 0.191. The molecule has 1 heterocycles. The first-order valence-corrected chi connectivity index (χ1v) is 11.7. The van der Waals surface area contributed by atoms with Gasteiger partial charge in [-0.1, -0.05) is 12.2 Å². The molecule has 2 fully saturated rings. The van der Waals surface area contributed by atoms with Gasteiger partial charge in [0.05, 0.1) is 20.3 Å². The first kappa shape index (κ1) is 26.3. The monoisotopic (exact) mass is 454 g/mol. The van der Waals surface area contributed by atoms with E-state index in [0.717, 1.165) is 32.1 Å². The van der Waals surface area contributed by atoms with E-state index in [1.165, 1.54) is 21.0 Å². The molecule has 2 rings (SSSR count). The molecule has 0 radical (unpaired) electrons. The first-order chi connectivity index (χ1) is 15.4. The molecule has 0 amide bonds. The van der Waals surface area contributed by atoms with E-state index < -0.39 is 0 Å². The third-order valence-electron chi connectivity index (χ3n) is 6.15. The van der Waals surface area contributed by atoms with Crippen molar-refractivity contribution in [1.29, 1.82) is 0 Å². The van der Waals surface area contributed by atoms with E-state index in [2.05, 4.69) is 16.9 Å². The molecule has 0 aromatic heterocycles. The molecule has 8 nitrogen and oxygen atoms in total. The summed E-state index contributed by atoms with van der Waals surface area (Å²) in [6, 6.07) is 0. The fraction of sp³-hybridized carbons (Fsp3) is 0.792. The molecule has 1 saturated heterocycles. The van der Waals surface area contributed by atoms with E-state index in [4.69, 9.17) is 18.9 Å². The second-order valence-electron chi connectivity index (χ2n) is 8.58. The van der Waals surface area contributed by atoms with Crippen LogP contribution in [0.25, 0.3) is 0 Å². The molecule has 2 aliphatic rings. The standard InChI is InChI=1S/C24H38O8/c1-17(25)30-15-19-14-22(32-18(2)26)20(10-6-4-5-7-11-23(27)28-3)21(19)16-31-24-12-8-9-13-29-24/h4,6,19-22,24H,5,7-16H2,1-3H3/b6-4-/t19-,20+,21-,22?,24?/m1/s1. The molecule has 8 heteroatoms. The van der Waals surface area contributed by atoms with Gasteiger partial charge >= 0.3 is 17.9 Å². The number of ether oxygens (including phenoxy) is 5. The van der Waals surface area contributed by atoms with E-state index >= 15 is 0 Å². The number of unbranched alkanes of at least 4 members (excludes halogenated alkanes) is 1. The smallest absolute Gasteiger partial charge is 0.305 e. The number of hydrogen-bond acceptors (Lipinski definition) is 8. The van der Waals surface area contributed by atoms with Gasteiger partial charge in [-0.05, 0) is 50.9 Å². The van der Waals surface area contributed by atoms with Crippen LogP contribution in [0.1, 0.15) is 65.2 Å². The van der Waals surface area contributed by atoms with Crippen LogP contribution in [0.5, 0.6) is 0 Å². The van der Waals surface area contributed by atoms with Crippen LogP contribution >= 0.6 is 0 Å². The molecule has 1 saturated carbocycles. The maximum atomic E-state index is 11.7. The van der Waals surface area contributed by atoms with E-state index in [1.807, 2.05) is 0 Å². The summed E-state index contributed by atoms with van der Waals surface area (Å²) in [5.41, 5.74) is 0. The molecule has 0 spiro atoms. The average Bonchev–Trinajstić information content (AvgIpc) is 3.09. The Morgan fingerprint density at radius 3 is 2.50 bits per heavy atom. The van der Waals surface area contributed by atoms with Gasteiger partial charge in [0.2, 0.25) is 0 Å². The third-order valence-corrected chi connectivity index (χ3v) is 6.15.